The lowest BCUT2D eigenvalue weighted by Crippen LogP contribution is -2.36. The number of rotatable bonds is 8. The van der Waals surface area contributed by atoms with E-state index in [0.29, 0.717) is 22.5 Å². The Hall–Kier alpha value is -1.98. The summed E-state index contributed by atoms with van der Waals surface area (Å²) in [5.74, 6) is 0.888. The van der Waals surface area contributed by atoms with E-state index in [9.17, 15) is 4.79 Å². The van der Waals surface area contributed by atoms with Gasteiger partial charge in [0.1, 0.15) is 0 Å². The van der Waals surface area contributed by atoms with E-state index in [-0.39, 0.29) is 17.9 Å². The molecule has 194 valence electrons. The van der Waals surface area contributed by atoms with E-state index in [2.05, 4.69) is 54.5 Å². The van der Waals surface area contributed by atoms with Crippen LogP contribution in [0.5, 0.6) is 0 Å². The number of benzene rings is 3. The Bertz CT molecular complexity index is 1260. The molecule has 0 N–H and O–H groups in total. The quantitative estimate of drug-likeness (QED) is 0.262. The minimum atomic E-state index is -0.00284. The van der Waals surface area contributed by atoms with Crippen molar-refractivity contribution in [2.45, 2.75) is 49.0 Å². The average Bonchev–Trinajstić information content (AvgIpc) is 3.22. The first-order chi connectivity index (χ1) is 18.0. The highest BCUT2D eigenvalue weighted by molar-refractivity contribution is 7.98. The molecule has 1 fully saturated rings. The fourth-order valence-electron chi connectivity index (χ4n) is 6.22. The molecule has 1 amide bonds. The van der Waals surface area contributed by atoms with Crippen molar-refractivity contribution >= 4 is 40.9 Å². The molecule has 2 aliphatic heterocycles. The lowest BCUT2D eigenvalue weighted by atomic mass is 9.83. The van der Waals surface area contributed by atoms with Gasteiger partial charge in [-0.15, -0.1) is 11.8 Å². The second-order valence-corrected chi connectivity index (χ2v) is 11.7. The lowest BCUT2D eigenvalue weighted by Gasteiger charge is -2.36. The van der Waals surface area contributed by atoms with E-state index in [1.54, 1.807) is 0 Å². The van der Waals surface area contributed by atoms with E-state index in [0.717, 1.165) is 42.7 Å². The molecule has 0 aliphatic carbocycles. The van der Waals surface area contributed by atoms with Gasteiger partial charge in [-0.05, 0) is 98.9 Å². The summed E-state index contributed by atoms with van der Waals surface area (Å²) < 4.78 is 0. The Morgan fingerprint density at radius 2 is 1.65 bits per heavy atom. The van der Waals surface area contributed by atoms with Crippen molar-refractivity contribution in [2.24, 2.45) is 0 Å². The average molecular weight is 554 g/mol. The highest BCUT2D eigenvalue weighted by atomic mass is 35.5. The topological polar surface area (TPSA) is 23.6 Å². The fourth-order valence-corrected chi connectivity index (χ4v) is 7.21. The van der Waals surface area contributed by atoms with Crippen molar-refractivity contribution in [1.29, 1.82) is 0 Å². The molecule has 6 heteroatoms. The van der Waals surface area contributed by atoms with Crippen molar-refractivity contribution in [3.63, 3.8) is 0 Å². The van der Waals surface area contributed by atoms with Crippen LogP contribution in [0.3, 0.4) is 0 Å². The number of amides is 1. The molecule has 0 spiro atoms. The van der Waals surface area contributed by atoms with E-state index < -0.39 is 0 Å². The number of fused-ring (bicyclic) bond motifs is 1. The van der Waals surface area contributed by atoms with Crippen LogP contribution < -0.4 is 0 Å². The highest BCUT2D eigenvalue weighted by Crippen LogP contribution is 2.46. The molecule has 0 bridgehead atoms. The summed E-state index contributed by atoms with van der Waals surface area (Å²) >= 11 is 14.6. The summed E-state index contributed by atoms with van der Waals surface area (Å²) in [6.45, 7) is 5.93. The number of carbonyl (C=O) groups is 1. The van der Waals surface area contributed by atoms with Crippen LogP contribution in [0.25, 0.3) is 0 Å². The van der Waals surface area contributed by atoms with Crippen molar-refractivity contribution in [2.75, 3.05) is 32.4 Å². The SMILES string of the molecule is CCN1C(=O)c2ccccc2C1C(CCN1CCC(c2ccccc2SC)CC1)c1ccc(Cl)c(Cl)c1. The molecule has 0 saturated carbocycles. The second-order valence-electron chi connectivity index (χ2n) is 10.0. The van der Waals surface area contributed by atoms with E-state index in [4.69, 9.17) is 23.2 Å². The van der Waals surface area contributed by atoms with Crippen LogP contribution in [0.4, 0.5) is 0 Å². The zero-order valence-corrected chi connectivity index (χ0v) is 23.8. The Balaban J connectivity index is 1.36. The van der Waals surface area contributed by atoms with Gasteiger partial charge in [0, 0.05) is 22.9 Å². The molecular weight excluding hydrogens is 519 g/mol. The summed E-state index contributed by atoms with van der Waals surface area (Å²) in [5.41, 5.74) is 4.60. The van der Waals surface area contributed by atoms with Gasteiger partial charge in [-0.2, -0.15) is 0 Å². The maximum absolute atomic E-state index is 13.3. The first-order valence-corrected chi connectivity index (χ1v) is 15.2. The Kier molecular flexibility index (Phi) is 8.50. The summed E-state index contributed by atoms with van der Waals surface area (Å²) in [5, 5.41) is 1.13. The first-order valence-electron chi connectivity index (χ1n) is 13.2. The van der Waals surface area contributed by atoms with Gasteiger partial charge in [-0.1, -0.05) is 65.7 Å². The van der Waals surface area contributed by atoms with Gasteiger partial charge in [-0.3, -0.25) is 4.79 Å². The minimum absolute atomic E-state index is 0.00284. The van der Waals surface area contributed by atoms with Gasteiger partial charge < -0.3 is 9.80 Å². The van der Waals surface area contributed by atoms with Gasteiger partial charge >= 0.3 is 0 Å². The van der Waals surface area contributed by atoms with Crippen molar-refractivity contribution < 1.29 is 4.79 Å². The smallest absolute Gasteiger partial charge is 0.254 e. The molecule has 2 heterocycles. The highest BCUT2D eigenvalue weighted by Gasteiger charge is 2.41. The van der Waals surface area contributed by atoms with Crippen LogP contribution in [-0.4, -0.2) is 48.1 Å². The third-order valence-corrected chi connectivity index (χ3v) is 9.67. The molecule has 0 aromatic heterocycles. The first kappa shape index (κ1) is 26.6. The molecule has 3 aromatic carbocycles. The zero-order valence-electron chi connectivity index (χ0n) is 21.5. The van der Waals surface area contributed by atoms with Gasteiger partial charge in [0.05, 0.1) is 16.1 Å². The molecule has 3 nitrogen and oxygen atoms in total. The predicted octanol–water partition coefficient (Wildman–Crippen LogP) is 8.29. The number of nitrogens with zero attached hydrogens (tertiary/aromatic N) is 2. The standard InChI is InChI=1S/C31H34Cl2N2OS/c1-3-35-30(25-9-4-5-10-26(25)31(35)36)24(22-12-13-27(32)28(33)20-22)16-19-34-17-14-21(15-18-34)23-8-6-7-11-29(23)37-2/h4-13,20-21,24,30H,3,14-19H2,1-2H3. The minimum Gasteiger partial charge on any atom is -0.331 e. The zero-order chi connectivity index (χ0) is 25.9. The monoisotopic (exact) mass is 552 g/mol. The molecule has 37 heavy (non-hydrogen) atoms. The molecule has 3 aromatic rings. The number of carbonyl (C=O) groups excluding carboxylic acids is 1. The Labute approximate surface area is 235 Å². The number of piperidine rings is 1. The third-order valence-electron chi connectivity index (χ3n) is 8.12. The van der Waals surface area contributed by atoms with E-state index in [1.807, 2.05) is 47.0 Å². The summed E-state index contributed by atoms with van der Waals surface area (Å²) in [7, 11) is 0. The van der Waals surface area contributed by atoms with Gasteiger partial charge in [-0.25, -0.2) is 0 Å². The van der Waals surface area contributed by atoms with Crippen molar-refractivity contribution in [1.82, 2.24) is 9.80 Å². The van der Waals surface area contributed by atoms with Crippen LogP contribution >= 0.6 is 35.0 Å². The van der Waals surface area contributed by atoms with Crippen LogP contribution in [-0.2, 0) is 0 Å². The molecule has 2 aliphatic rings. The molecule has 0 radical (unpaired) electrons. The Morgan fingerprint density at radius 1 is 0.946 bits per heavy atom. The van der Waals surface area contributed by atoms with Gasteiger partial charge in [0.15, 0.2) is 0 Å². The van der Waals surface area contributed by atoms with Crippen LogP contribution in [0, 0.1) is 0 Å². The number of hydrogen-bond acceptors (Lipinski definition) is 3. The van der Waals surface area contributed by atoms with Crippen LogP contribution in [0.1, 0.15) is 71.1 Å². The van der Waals surface area contributed by atoms with E-state index >= 15 is 0 Å². The fraction of sp³-hybridized carbons (Fsp3) is 0.387. The number of halogens is 2. The predicted molar refractivity (Wildman–Crippen MR) is 156 cm³/mol. The largest absolute Gasteiger partial charge is 0.331 e. The number of likely N-dealkylation sites (N-methyl/N-ethyl adjacent to an activating group) is 1. The number of hydrogen-bond donors (Lipinski definition) is 0. The van der Waals surface area contributed by atoms with Crippen LogP contribution in [0.15, 0.2) is 71.6 Å². The normalized spacial score (nSPS) is 19.3. The summed E-state index contributed by atoms with van der Waals surface area (Å²) in [6.07, 6.45) is 5.48. The third kappa shape index (κ3) is 5.45. The maximum Gasteiger partial charge on any atom is 0.254 e. The van der Waals surface area contributed by atoms with E-state index in [1.165, 1.54) is 23.3 Å². The van der Waals surface area contributed by atoms with Crippen molar-refractivity contribution in [3.8, 4) is 0 Å². The lowest BCUT2D eigenvalue weighted by molar-refractivity contribution is 0.0703. The number of likely N-dealkylation sites (tertiary alicyclic amines) is 1. The Morgan fingerprint density at radius 3 is 2.35 bits per heavy atom. The molecule has 2 atom stereocenters. The van der Waals surface area contributed by atoms with Gasteiger partial charge in [0.25, 0.3) is 5.91 Å². The maximum atomic E-state index is 13.3. The second kappa shape index (κ2) is 11.8. The molecule has 1 saturated heterocycles. The molecular formula is C31H34Cl2N2OS. The van der Waals surface area contributed by atoms with Crippen molar-refractivity contribution in [3.05, 3.63) is 99.0 Å². The molecule has 5 rings (SSSR count). The number of thioether (sulfide) groups is 1. The van der Waals surface area contributed by atoms with Crippen LogP contribution in [0.2, 0.25) is 10.0 Å². The summed E-state index contributed by atoms with van der Waals surface area (Å²) in [6, 6.07) is 22.9. The van der Waals surface area contributed by atoms with Gasteiger partial charge in [0.2, 0.25) is 0 Å². The summed E-state index contributed by atoms with van der Waals surface area (Å²) in [4.78, 5) is 19.3. The molecule has 2 unspecified atom stereocenters.